The van der Waals surface area contributed by atoms with Crippen LogP contribution in [-0.4, -0.2) is 87.7 Å². The molecule has 0 radical (unpaired) electrons. The van der Waals surface area contributed by atoms with E-state index in [9.17, 15) is 24.2 Å². The lowest BCUT2D eigenvalue weighted by atomic mass is 9.77. The maximum atomic E-state index is 14.8. The topological polar surface area (TPSA) is 139 Å². The number of benzene rings is 1. The van der Waals surface area contributed by atoms with Crippen LogP contribution in [0.3, 0.4) is 0 Å². The lowest BCUT2D eigenvalue weighted by molar-refractivity contribution is -0.0470. The number of rotatable bonds is 11. The van der Waals surface area contributed by atoms with Gasteiger partial charge in [0.15, 0.2) is 0 Å². The van der Waals surface area contributed by atoms with E-state index in [0.717, 1.165) is 18.9 Å². The normalized spacial score (nSPS) is 20.4. The van der Waals surface area contributed by atoms with Crippen LogP contribution in [0.4, 0.5) is 9.18 Å². The SMILES string of the molecule is Cc1c(C(=O)N[C@@H]2CCN(C(=O)O)C(C(C)(C)C)[C@@H]2O)c2ncnc(-c3cc(F)ccc3OCC3CC3)c2n1COCC[Si](C)(C)C. The number of amides is 2. The van der Waals surface area contributed by atoms with Gasteiger partial charge < -0.3 is 34.5 Å². The maximum Gasteiger partial charge on any atom is 0.407 e. The van der Waals surface area contributed by atoms with Crippen molar-refractivity contribution in [3.63, 3.8) is 0 Å². The van der Waals surface area contributed by atoms with Crippen LogP contribution in [0.15, 0.2) is 24.5 Å². The van der Waals surface area contributed by atoms with Crippen molar-refractivity contribution in [3.05, 3.63) is 41.6 Å². The van der Waals surface area contributed by atoms with Crippen LogP contribution in [0.5, 0.6) is 5.75 Å². The van der Waals surface area contributed by atoms with Crippen LogP contribution >= 0.6 is 0 Å². The van der Waals surface area contributed by atoms with Crippen LogP contribution in [-0.2, 0) is 11.5 Å². The van der Waals surface area contributed by atoms with Crippen molar-refractivity contribution in [3.8, 4) is 17.0 Å². The molecule has 3 heterocycles. The van der Waals surface area contributed by atoms with E-state index in [-0.39, 0.29) is 25.3 Å². The number of aliphatic hydroxyl groups excluding tert-OH is 1. The fraction of sp³-hybridized carbons (Fsp3) is 0.588. The molecule has 1 aromatic carbocycles. The highest BCUT2D eigenvalue weighted by Gasteiger charge is 2.46. The van der Waals surface area contributed by atoms with E-state index in [1.807, 2.05) is 25.3 Å². The molecule has 1 saturated carbocycles. The van der Waals surface area contributed by atoms with Crippen molar-refractivity contribution >= 4 is 31.1 Å². The summed E-state index contributed by atoms with van der Waals surface area (Å²) < 4.78 is 28.9. The molecule has 2 amide bonds. The fourth-order valence-corrected chi connectivity index (χ4v) is 7.10. The van der Waals surface area contributed by atoms with Gasteiger partial charge in [0.05, 0.1) is 35.9 Å². The highest BCUT2D eigenvalue weighted by atomic mass is 28.3. The molecule has 3 aromatic rings. The monoisotopic (exact) mass is 669 g/mol. The van der Waals surface area contributed by atoms with Crippen LogP contribution in [0, 0.1) is 24.1 Å². The Hall–Kier alpha value is -3.55. The molecule has 13 heteroatoms. The summed E-state index contributed by atoms with van der Waals surface area (Å²) in [4.78, 5) is 36.5. The summed E-state index contributed by atoms with van der Waals surface area (Å²) in [5.41, 5.74) is 2.03. The number of halogens is 1. The molecule has 0 spiro atoms. The number of nitrogens with zero attached hydrogens (tertiary/aromatic N) is 4. The Balaban J connectivity index is 1.55. The van der Waals surface area contributed by atoms with E-state index >= 15 is 0 Å². The van der Waals surface area contributed by atoms with Gasteiger partial charge in [0.25, 0.3) is 5.91 Å². The number of aromatic nitrogens is 3. The molecule has 1 aliphatic carbocycles. The van der Waals surface area contributed by atoms with Gasteiger partial charge in [-0.2, -0.15) is 0 Å². The van der Waals surface area contributed by atoms with Gasteiger partial charge in [-0.25, -0.2) is 19.2 Å². The number of hydrogen-bond donors (Lipinski definition) is 3. The number of fused-ring (bicyclic) bond motifs is 1. The van der Waals surface area contributed by atoms with Gasteiger partial charge in [-0.3, -0.25) is 4.79 Å². The third-order valence-corrected chi connectivity index (χ3v) is 10.8. The highest BCUT2D eigenvalue weighted by Crippen LogP contribution is 2.39. The predicted octanol–water partition coefficient (Wildman–Crippen LogP) is 5.90. The Kier molecular flexibility index (Phi) is 10.0. The van der Waals surface area contributed by atoms with Crippen LogP contribution < -0.4 is 10.1 Å². The van der Waals surface area contributed by atoms with E-state index < -0.39 is 49.5 Å². The molecule has 2 aliphatic rings. The molecule has 1 unspecified atom stereocenters. The number of carboxylic acid groups (broad SMARTS) is 1. The van der Waals surface area contributed by atoms with E-state index in [2.05, 4.69) is 34.9 Å². The standard InChI is InChI=1S/C34H48FN5O6Si/c1-20-26(32(42)38-24-12-13-39(33(43)44)31(30(24)41)34(2,3)4)28-29(40(20)19-45-14-15-47(5,6)7)27(36-18-37-28)23-16-22(35)10-11-25(23)46-17-21-8-9-21/h10-11,16,18,21,24,30-31,41H,8-9,12-15,17,19H2,1-7H3,(H,38,42)(H,43,44)/t24-,30-,31?/m1/s1. The van der Waals surface area contributed by atoms with Gasteiger partial charge in [0.2, 0.25) is 0 Å². The zero-order valence-electron chi connectivity index (χ0n) is 28.5. The summed E-state index contributed by atoms with van der Waals surface area (Å²) in [6, 6.07) is 3.89. The van der Waals surface area contributed by atoms with Gasteiger partial charge in [0, 0.05) is 32.5 Å². The van der Waals surface area contributed by atoms with E-state index in [0.29, 0.717) is 52.9 Å². The Labute approximate surface area is 276 Å². The molecule has 2 aromatic heterocycles. The fourth-order valence-electron chi connectivity index (χ4n) is 6.35. The number of nitrogens with one attached hydrogen (secondary N) is 1. The van der Waals surface area contributed by atoms with Crippen molar-refractivity contribution < 1.29 is 33.7 Å². The summed E-state index contributed by atoms with van der Waals surface area (Å²) in [5, 5.41) is 24.2. The molecule has 5 rings (SSSR count). The Morgan fingerprint density at radius 3 is 2.51 bits per heavy atom. The van der Waals surface area contributed by atoms with Gasteiger partial charge in [0.1, 0.15) is 35.8 Å². The average molecular weight is 670 g/mol. The lowest BCUT2D eigenvalue weighted by Crippen LogP contribution is -2.64. The maximum absolute atomic E-state index is 14.8. The molecule has 3 atom stereocenters. The molecule has 11 nitrogen and oxygen atoms in total. The zero-order valence-corrected chi connectivity index (χ0v) is 29.5. The molecule has 1 aliphatic heterocycles. The van der Waals surface area contributed by atoms with E-state index in [4.69, 9.17) is 9.47 Å². The Morgan fingerprint density at radius 2 is 1.87 bits per heavy atom. The second-order valence-electron chi connectivity index (χ2n) is 15.2. The van der Waals surface area contributed by atoms with Gasteiger partial charge in [-0.15, -0.1) is 0 Å². The lowest BCUT2D eigenvalue weighted by Gasteiger charge is -2.47. The largest absolute Gasteiger partial charge is 0.493 e. The first-order chi connectivity index (χ1) is 22.1. The van der Waals surface area contributed by atoms with Crippen molar-refractivity contribution in [2.75, 3.05) is 19.8 Å². The molecular formula is C34H48FN5O6Si. The minimum absolute atomic E-state index is 0.125. The third-order valence-electron chi connectivity index (χ3n) is 9.11. The van der Waals surface area contributed by atoms with E-state index in [1.165, 1.54) is 23.4 Å². The van der Waals surface area contributed by atoms with Gasteiger partial charge >= 0.3 is 6.09 Å². The Bertz CT molecular complexity index is 1630. The number of carbonyl (C=O) groups is 2. The number of piperidine rings is 1. The molecule has 0 bridgehead atoms. The predicted molar refractivity (Wildman–Crippen MR) is 180 cm³/mol. The first-order valence-electron chi connectivity index (χ1n) is 16.4. The van der Waals surface area contributed by atoms with Gasteiger partial charge in [-0.1, -0.05) is 40.4 Å². The van der Waals surface area contributed by atoms with Crippen molar-refractivity contribution in [1.82, 2.24) is 24.8 Å². The zero-order chi connectivity index (χ0) is 34.3. The minimum Gasteiger partial charge on any atom is -0.493 e. The molecule has 3 N–H and O–H groups in total. The quantitative estimate of drug-likeness (QED) is 0.169. The summed E-state index contributed by atoms with van der Waals surface area (Å²) in [6.07, 6.45) is 1.56. The number of likely N-dealkylation sites (tertiary alicyclic amines) is 1. The second-order valence-corrected chi connectivity index (χ2v) is 20.8. The molecule has 2 fully saturated rings. The van der Waals surface area contributed by atoms with Gasteiger partial charge in [-0.05, 0) is 61.8 Å². The number of carbonyl (C=O) groups excluding carboxylic acids is 1. The first kappa shape index (κ1) is 34.8. The van der Waals surface area contributed by atoms with Crippen LogP contribution in [0.2, 0.25) is 25.7 Å². The second kappa shape index (κ2) is 13.5. The molecule has 47 heavy (non-hydrogen) atoms. The smallest absolute Gasteiger partial charge is 0.407 e. The summed E-state index contributed by atoms with van der Waals surface area (Å²) >= 11 is 0. The van der Waals surface area contributed by atoms with Crippen molar-refractivity contribution in [2.24, 2.45) is 11.3 Å². The molecule has 256 valence electrons. The number of ether oxygens (including phenoxy) is 2. The van der Waals surface area contributed by atoms with Crippen LogP contribution in [0.25, 0.3) is 22.3 Å². The van der Waals surface area contributed by atoms with Crippen LogP contribution in [0.1, 0.15) is 56.1 Å². The van der Waals surface area contributed by atoms with Crippen molar-refractivity contribution in [2.45, 2.75) is 97.6 Å². The summed E-state index contributed by atoms with van der Waals surface area (Å²) in [7, 11) is -1.37. The molecular weight excluding hydrogens is 621 g/mol. The number of hydrogen-bond acceptors (Lipinski definition) is 7. The first-order valence-corrected chi connectivity index (χ1v) is 20.1. The summed E-state index contributed by atoms with van der Waals surface area (Å²) in [5.74, 6) is 0.0775. The number of aliphatic hydroxyl groups is 1. The summed E-state index contributed by atoms with van der Waals surface area (Å²) in [6.45, 7) is 15.6. The highest BCUT2D eigenvalue weighted by molar-refractivity contribution is 6.76. The molecule has 1 saturated heterocycles. The van der Waals surface area contributed by atoms with Crippen molar-refractivity contribution in [1.29, 1.82) is 0 Å². The average Bonchev–Trinajstić information content (AvgIpc) is 3.76. The van der Waals surface area contributed by atoms with E-state index in [1.54, 1.807) is 13.0 Å². The minimum atomic E-state index is -1.37. The Morgan fingerprint density at radius 1 is 1.15 bits per heavy atom. The third kappa shape index (κ3) is 7.78.